The van der Waals surface area contributed by atoms with Gasteiger partial charge < -0.3 is 5.32 Å². The number of aliphatic imine (C=N–C) groups is 1. The molecular weight excluding hydrogens is 190 g/mol. The Hall–Kier alpha value is -1.06. The summed E-state index contributed by atoms with van der Waals surface area (Å²) in [5, 5.41) is 5.89. The van der Waals surface area contributed by atoms with Gasteiger partial charge in [-0.15, -0.1) is 0 Å². The number of carbonyl (C=O) groups excluding carboxylic acids is 1. The summed E-state index contributed by atoms with van der Waals surface area (Å²) in [6.07, 6.45) is 5.38. The largest absolute Gasteiger partial charge is 0.344 e. The number of amides is 1. The van der Waals surface area contributed by atoms with E-state index in [1.165, 1.54) is 12.8 Å². The molecule has 1 heterocycles. The molecule has 4 nitrogen and oxygen atoms in total. The zero-order valence-electron chi connectivity index (χ0n) is 9.68. The highest BCUT2D eigenvalue weighted by Gasteiger charge is 2.26. The zero-order valence-corrected chi connectivity index (χ0v) is 9.68. The summed E-state index contributed by atoms with van der Waals surface area (Å²) in [7, 11) is 0. The second kappa shape index (κ2) is 6.43. The number of unbranched alkanes of at least 4 members (excludes halogenated alkanes) is 2. The number of nitrogens with zero attached hydrogens (tertiary/aromatic N) is 1. The first kappa shape index (κ1) is 12.0. The van der Waals surface area contributed by atoms with Crippen LogP contribution in [0.15, 0.2) is 4.99 Å². The maximum atomic E-state index is 11.5. The van der Waals surface area contributed by atoms with Crippen LogP contribution >= 0.6 is 0 Å². The van der Waals surface area contributed by atoms with E-state index in [1.54, 1.807) is 0 Å². The summed E-state index contributed by atoms with van der Waals surface area (Å²) in [5.41, 5.74) is 0. The Balaban J connectivity index is 2.32. The SMILES string of the molecule is CCCCCC1NC(=NCCC)NC1=O. The van der Waals surface area contributed by atoms with Crippen LogP contribution in [0.1, 0.15) is 46.0 Å². The number of nitrogens with one attached hydrogen (secondary N) is 2. The highest BCUT2D eigenvalue weighted by molar-refractivity contribution is 6.06. The minimum atomic E-state index is -0.0628. The minimum Gasteiger partial charge on any atom is -0.344 e. The molecule has 1 atom stereocenters. The van der Waals surface area contributed by atoms with Crippen molar-refractivity contribution in [2.45, 2.75) is 52.0 Å². The zero-order chi connectivity index (χ0) is 11.1. The van der Waals surface area contributed by atoms with Crippen LogP contribution in [0, 0.1) is 0 Å². The van der Waals surface area contributed by atoms with E-state index in [9.17, 15) is 4.79 Å². The van der Waals surface area contributed by atoms with Crippen LogP contribution in [-0.4, -0.2) is 24.5 Å². The van der Waals surface area contributed by atoms with Crippen LogP contribution in [-0.2, 0) is 4.79 Å². The van der Waals surface area contributed by atoms with E-state index in [2.05, 4.69) is 29.5 Å². The van der Waals surface area contributed by atoms with Crippen molar-refractivity contribution in [2.24, 2.45) is 4.99 Å². The fourth-order valence-corrected chi connectivity index (χ4v) is 1.58. The third kappa shape index (κ3) is 3.90. The summed E-state index contributed by atoms with van der Waals surface area (Å²) in [6, 6.07) is -0.0628. The molecule has 15 heavy (non-hydrogen) atoms. The molecule has 0 bridgehead atoms. The van der Waals surface area contributed by atoms with Gasteiger partial charge in [0.25, 0.3) is 0 Å². The van der Waals surface area contributed by atoms with Crippen molar-refractivity contribution in [2.75, 3.05) is 6.54 Å². The van der Waals surface area contributed by atoms with Crippen molar-refractivity contribution < 1.29 is 4.79 Å². The third-order valence-electron chi connectivity index (χ3n) is 2.46. The van der Waals surface area contributed by atoms with Gasteiger partial charge in [0.2, 0.25) is 5.91 Å². The Kier molecular flexibility index (Phi) is 5.15. The van der Waals surface area contributed by atoms with E-state index in [4.69, 9.17) is 0 Å². The topological polar surface area (TPSA) is 53.5 Å². The van der Waals surface area contributed by atoms with Gasteiger partial charge in [0, 0.05) is 6.54 Å². The maximum Gasteiger partial charge on any atom is 0.249 e. The van der Waals surface area contributed by atoms with Crippen LogP contribution < -0.4 is 10.6 Å². The number of hydrogen-bond donors (Lipinski definition) is 2. The van der Waals surface area contributed by atoms with E-state index in [1.807, 2.05) is 0 Å². The second-order valence-corrected chi connectivity index (χ2v) is 3.91. The van der Waals surface area contributed by atoms with Crippen LogP contribution in [0.4, 0.5) is 0 Å². The highest BCUT2D eigenvalue weighted by atomic mass is 16.2. The molecule has 1 fully saturated rings. The van der Waals surface area contributed by atoms with E-state index in [0.717, 1.165) is 25.8 Å². The van der Waals surface area contributed by atoms with Crippen LogP contribution in [0.25, 0.3) is 0 Å². The number of rotatable bonds is 6. The second-order valence-electron chi connectivity index (χ2n) is 3.91. The standard InChI is InChI=1S/C11H21N3O/c1-3-5-6-7-9-10(15)14-11(13-9)12-8-4-2/h9H,3-8H2,1-2H3,(H2,12,13,14,15). The first-order valence-electron chi connectivity index (χ1n) is 5.89. The van der Waals surface area contributed by atoms with Crippen molar-refractivity contribution in [3.8, 4) is 0 Å². The van der Waals surface area contributed by atoms with Crippen LogP contribution in [0.2, 0.25) is 0 Å². The molecule has 0 aromatic rings. The lowest BCUT2D eigenvalue weighted by molar-refractivity contribution is -0.120. The Bertz CT molecular complexity index is 238. The molecule has 1 aliphatic rings. The highest BCUT2D eigenvalue weighted by Crippen LogP contribution is 2.06. The summed E-state index contributed by atoms with van der Waals surface area (Å²) < 4.78 is 0. The number of guanidine groups is 1. The molecule has 86 valence electrons. The predicted octanol–water partition coefficient (Wildman–Crippen LogP) is 1.42. The first-order chi connectivity index (χ1) is 7.27. The van der Waals surface area contributed by atoms with Gasteiger partial charge in [0.15, 0.2) is 5.96 Å². The summed E-state index contributed by atoms with van der Waals surface area (Å²) in [4.78, 5) is 15.7. The Morgan fingerprint density at radius 2 is 2.07 bits per heavy atom. The van der Waals surface area contributed by atoms with E-state index in [-0.39, 0.29) is 11.9 Å². The molecule has 1 rings (SSSR count). The molecule has 2 N–H and O–H groups in total. The smallest absolute Gasteiger partial charge is 0.249 e. The predicted molar refractivity (Wildman–Crippen MR) is 61.8 cm³/mol. The summed E-state index contributed by atoms with van der Waals surface area (Å²) >= 11 is 0. The lowest BCUT2D eigenvalue weighted by atomic mass is 10.1. The van der Waals surface area contributed by atoms with Gasteiger partial charge in [0.05, 0.1) is 0 Å². The van der Waals surface area contributed by atoms with Gasteiger partial charge in [-0.3, -0.25) is 15.1 Å². The number of hydrogen-bond acceptors (Lipinski definition) is 2. The van der Waals surface area contributed by atoms with Gasteiger partial charge in [-0.2, -0.15) is 0 Å². The quantitative estimate of drug-likeness (QED) is 0.653. The maximum absolute atomic E-state index is 11.5. The minimum absolute atomic E-state index is 0.0628. The van der Waals surface area contributed by atoms with Crippen LogP contribution in [0.3, 0.4) is 0 Å². The van der Waals surface area contributed by atoms with Crippen molar-refractivity contribution in [3.63, 3.8) is 0 Å². The van der Waals surface area contributed by atoms with Crippen molar-refractivity contribution in [3.05, 3.63) is 0 Å². The Morgan fingerprint density at radius 1 is 1.27 bits per heavy atom. The number of carbonyl (C=O) groups is 1. The molecule has 1 unspecified atom stereocenters. The molecule has 1 amide bonds. The average molecular weight is 211 g/mol. The molecule has 0 aliphatic carbocycles. The van der Waals surface area contributed by atoms with E-state index in [0.29, 0.717) is 5.96 Å². The molecule has 1 saturated heterocycles. The van der Waals surface area contributed by atoms with Gasteiger partial charge in [-0.25, -0.2) is 0 Å². The summed E-state index contributed by atoms with van der Waals surface area (Å²) in [5.74, 6) is 0.726. The summed E-state index contributed by atoms with van der Waals surface area (Å²) in [6.45, 7) is 5.00. The Labute approximate surface area is 91.5 Å². The molecule has 0 aromatic carbocycles. The van der Waals surface area contributed by atoms with Crippen molar-refractivity contribution in [1.82, 2.24) is 10.6 Å². The van der Waals surface area contributed by atoms with Gasteiger partial charge in [0.1, 0.15) is 6.04 Å². The van der Waals surface area contributed by atoms with Gasteiger partial charge in [-0.05, 0) is 12.8 Å². The molecule has 0 aromatic heterocycles. The fraction of sp³-hybridized carbons (Fsp3) is 0.818. The molecule has 0 saturated carbocycles. The molecular formula is C11H21N3O. The van der Waals surface area contributed by atoms with Gasteiger partial charge >= 0.3 is 0 Å². The fourth-order valence-electron chi connectivity index (χ4n) is 1.58. The molecule has 0 radical (unpaired) electrons. The third-order valence-corrected chi connectivity index (χ3v) is 2.46. The normalized spacial score (nSPS) is 22.9. The van der Waals surface area contributed by atoms with Gasteiger partial charge in [-0.1, -0.05) is 33.1 Å². The van der Waals surface area contributed by atoms with E-state index >= 15 is 0 Å². The Morgan fingerprint density at radius 3 is 2.73 bits per heavy atom. The van der Waals surface area contributed by atoms with Crippen LogP contribution in [0.5, 0.6) is 0 Å². The van der Waals surface area contributed by atoms with E-state index < -0.39 is 0 Å². The first-order valence-corrected chi connectivity index (χ1v) is 5.89. The van der Waals surface area contributed by atoms with Crippen molar-refractivity contribution >= 4 is 11.9 Å². The molecule has 4 heteroatoms. The monoisotopic (exact) mass is 211 g/mol. The van der Waals surface area contributed by atoms with Crippen molar-refractivity contribution in [1.29, 1.82) is 0 Å². The molecule has 0 spiro atoms. The average Bonchev–Trinajstić information content (AvgIpc) is 2.57. The molecule has 1 aliphatic heterocycles. The lowest BCUT2D eigenvalue weighted by Crippen LogP contribution is -2.29. The lowest BCUT2D eigenvalue weighted by Gasteiger charge is -2.06.